The monoisotopic (exact) mass is 546 g/mol. The fourth-order valence-electron chi connectivity index (χ4n) is 5.12. The van der Waals surface area contributed by atoms with E-state index in [-0.39, 0.29) is 17.3 Å². The van der Waals surface area contributed by atoms with Gasteiger partial charge in [-0.3, -0.25) is 15.0 Å². The van der Waals surface area contributed by atoms with Gasteiger partial charge in [-0.25, -0.2) is 4.79 Å². The first-order valence-corrected chi connectivity index (χ1v) is 14.9. The van der Waals surface area contributed by atoms with Gasteiger partial charge >= 0.3 is 6.09 Å². The Morgan fingerprint density at radius 1 is 0.923 bits per heavy atom. The highest BCUT2D eigenvalue weighted by molar-refractivity contribution is 6.99. The lowest BCUT2D eigenvalue weighted by atomic mass is 10.0. The Hall–Kier alpha value is -3.75. The highest BCUT2D eigenvalue weighted by Crippen LogP contribution is 2.37. The second kappa shape index (κ2) is 12.0. The second-order valence-corrected chi connectivity index (χ2v) is 15.8. The van der Waals surface area contributed by atoms with Gasteiger partial charge in [-0.15, -0.1) is 0 Å². The van der Waals surface area contributed by atoms with Crippen LogP contribution in [0.2, 0.25) is 5.04 Å². The fraction of sp³-hybridized carbons (Fsp3) is 0.323. The molecule has 0 spiro atoms. The summed E-state index contributed by atoms with van der Waals surface area (Å²) in [5.41, 5.74) is -0.395. The predicted octanol–water partition coefficient (Wildman–Crippen LogP) is 6.33. The smallest absolute Gasteiger partial charge is 0.408 e. The third-order valence-electron chi connectivity index (χ3n) is 6.78. The molecule has 3 rings (SSSR count). The van der Waals surface area contributed by atoms with E-state index in [1.54, 1.807) is 30.4 Å². The standard InChI is InChI=1S/C31H38N2O5Si/c1-30(2,3)32(29(34)35)25(22-21-24-15-13-14-20-28(24)33(36)37)23-38-39(31(4,5)6,26-16-9-7-10-17-26)27-18-11-8-12-19-27/h7-22,25H,23H2,1-6H3,(H,34,35)/b22-21+/t25-/m0/s1. The number of benzene rings is 3. The van der Waals surface area contributed by atoms with E-state index in [0.717, 1.165) is 10.4 Å². The largest absolute Gasteiger partial charge is 0.465 e. The number of nitro groups is 1. The SMILES string of the molecule is CC(C)(C)N(C(=O)O)[C@@H](/C=C/c1ccccc1[N+](=O)[O-])CO[Si](c1ccccc1)(c1ccccc1)C(C)(C)C. The summed E-state index contributed by atoms with van der Waals surface area (Å²) >= 11 is 0. The summed E-state index contributed by atoms with van der Waals surface area (Å²) < 4.78 is 7.07. The molecule has 39 heavy (non-hydrogen) atoms. The summed E-state index contributed by atoms with van der Waals surface area (Å²) in [7, 11) is -2.95. The van der Waals surface area contributed by atoms with Gasteiger partial charge in [0.25, 0.3) is 14.0 Å². The molecule has 0 bridgehead atoms. The molecular weight excluding hydrogens is 508 g/mol. The molecule has 1 amide bonds. The average Bonchev–Trinajstić information content (AvgIpc) is 2.87. The van der Waals surface area contributed by atoms with E-state index in [1.165, 1.54) is 11.0 Å². The Balaban J connectivity index is 2.16. The van der Waals surface area contributed by atoms with E-state index in [1.807, 2.05) is 57.2 Å². The Morgan fingerprint density at radius 3 is 1.85 bits per heavy atom. The summed E-state index contributed by atoms with van der Waals surface area (Å²) in [4.78, 5) is 25.1. The van der Waals surface area contributed by atoms with Crippen LogP contribution in [-0.2, 0) is 4.43 Å². The number of carboxylic acid groups (broad SMARTS) is 1. The van der Waals surface area contributed by atoms with Crippen molar-refractivity contribution in [3.63, 3.8) is 0 Å². The lowest BCUT2D eigenvalue weighted by Gasteiger charge is -2.45. The van der Waals surface area contributed by atoms with Crippen LogP contribution < -0.4 is 10.4 Å². The third kappa shape index (κ3) is 6.64. The van der Waals surface area contributed by atoms with Crippen LogP contribution in [0.1, 0.15) is 47.1 Å². The van der Waals surface area contributed by atoms with Crippen LogP contribution in [0, 0.1) is 10.1 Å². The number of hydrogen-bond donors (Lipinski definition) is 1. The topological polar surface area (TPSA) is 92.9 Å². The minimum Gasteiger partial charge on any atom is -0.465 e. The Kier molecular flexibility index (Phi) is 9.14. The molecule has 0 aliphatic heterocycles. The van der Waals surface area contributed by atoms with E-state index in [2.05, 4.69) is 45.0 Å². The highest BCUT2D eigenvalue weighted by atomic mass is 28.4. The van der Waals surface area contributed by atoms with Gasteiger partial charge in [-0.05, 0) is 48.3 Å². The minimum atomic E-state index is -2.95. The number of rotatable bonds is 9. The average molecular weight is 547 g/mol. The maximum absolute atomic E-state index is 12.6. The first-order valence-electron chi connectivity index (χ1n) is 13.0. The van der Waals surface area contributed by atoms with Crippen molar-refractivity contribution in [2.45, 2.75) is 58.2 Å². The van der Waals surface area contributed by atoms with Gasteiger partial charge in [0.1, 0.15) is 0 Å². The molecular formula is C31H38N2O5Si. The molecule has 0 radical (unpaired) electrons. The zero-order valence-electron chi connectivity index (χ0n) is 23.5. The maximum atomic E-state index is 12.6. The van der Waals surface area contributed by atoms with E-state index in [4.69, 9.17) is 4.43 Å². The number of hydrogen-bond acceptors (Lipinski definition) is 4. The first kappa shape index (κ1) is 29.8. The van der Waals surface area contributed by atoms with Crippen molar-refractivity contribution in [1.29, 1.82) is 0 Å². The predicted molar refractivity (Wildman–Crippen MR) is 159 cm³/mol. The van der Waals surface area contributed by atoms with Crippen molar-refractivity contribution in [2.24, 2.45) is 0 Å². The Labute approximate surface area is 232 Å². The molecule has 7 nitrogen and oxygen atoms in total. The number of nitrogens with zero attached hydrogens (tertiary/aromatic N) is 2. The second-order valence-electron chi connectivity index (χ2n) is 11.5. The van der Waals surface area contributed by atoms with Crippen molar-refractivity contribution in [2.75, 3.05) is 6.61 Å². The van der Waals surface area contributed by atoms with Crippen LogP contribution in [-0.4, -0.2) is 47.5 Å². The van der Waals surface area contributed by atoms with Gasteiger partial charge in [-0.1, -0.05) is 99.6 Å². The van der Waals surface area contributed by atoms with Crippen LogP contribution >= 0.6 is 0 Å². The minimum absolute atomic E-state index is 0.0435. The van der Waals surface area contributed by atoms with Crippen molar-refractivity contribution >= 4 is 36.5 Å². The summed E-state index contributed by atoms with van der Waals surface area (Å²) in [6.07, 6.45) is 2.24. The summed E-state index contributed by atoms with van der Waals surface area (Å²) in [6, 6.07) is 26.0. The van der Waals surface area contributed by atoms with Crippen LogP contribution in [0.25, 0.3) is 6.08 Å². The molecule has 0 heterocycles. The Bertz CT molecular complexity index is 1260. The van der Waals surface area contributed by atoms with Crippen molar-refractivity contribution in [3.05, 3.63) is 107 Å². The van der Waals surface area contributed by atoms with Crippen LogP contribution in [0.15, 0.2) is 91.0 Å². The molecule has 0 fully saturated rings. The van der Waals surface area contributed by atoms with Crippen molar-refractivity contribution in [1.82, 2.24) is 4.90 Å². The molecule has 0 saturated carbocycles. The lowest BCUT2D eigenvalue weighted by Crippen LogP contribution is -2.67. The molecule has 0 aliphatic rings. The normalized spacial score (nSPS) is 13.3. The van der Waals surface area contributed by atoms with Gasteiger partial charge in [-0.2, -0.15) is 0 Å². The first-order chi connectivity index (χ1) is 18.3. The molecule has 0 unspecified atom stereocenters. The van der Waals surface area contributed by atoms with Gasteiger partial charge in [0.15, 0.2) is 0 Å². The van der Waals surface area contributed by atoms with Gasteiger partial charge in [0.05, 0.1) is 23.1 Å². The number of para-hydroxylation sites is 1. The quantitative estimate of drug-likeness (QED) is 0.192. The summed E-state index contributed by atoms with van der Waals surface area (Å²) in [5, 5.41) is 23.8. The fourth-order valence-corrected chi connectivity index (χ4v) is 9.70. The van der Waals surface area contributed by atoms with E-state index >= 15 is 0 Å². The molecule has 0 aromatic heterocycles. The van der Waals surface area contributed by atoms with E-state index < -0.39 is 30.9 Å². The molecule has 3 aromatic carbocycles. The van der Waals surface area contributed by atoms with Gasteiger partial charge in [0.2, 0.25) is 0 Å². The highest BCUT2D eigenvalue weighted by Gasteiger charge is 2.50. The van der Waals surface area contributed by atoms with Gasteiger partial charge < -0.3 is 9.53 Å². The summed E-state index contributed by atoms with van der Waals surface area (Å²) in [5.74, 6) is 0. The van der Waals surface area contributed by atoms with Crippen molar-refractivity contribution < 1.29 is 19.3 Å². The molecule has 0 aliphatic carbocycles. The zero-order valence-corrected chi connectivity index (χ0v) is 24.5. The number of carbonyl (C=O) groups is 1. The Morgan fingerprint density at radius 2 is 1.41 bits per heavy atom. The van der Waals surface area contributed by atoms with Crippen LogP contribution in [0.5, 0.6) is 0 Å². The number of nitro benzene ring substituents is 1. The van der Waals surface area contributed by atoms with Crippen LogP contribution in [0.4, 0.5) is 10.5 Å². The molecule has 1 N–H and O–H groups in total. The lowest BCUT2D eigenvalue weighted by molar-refractivity contribution is -0.385. The molecule has 1 atom stereocenters. The van der Waals surface area contributed by atoms with Gasteiger partial charge in [0, 0.05) is 11.6 Å². The molecule has 206 valence electrons. The molecule has 3 aromatic rings. The van der Waals surface area contributed by atoms with Crippen LogP contribution in [0.3, 0.4) is 0 Å². The molecule has 8 heteroatoms. The number of amides is 1. The van der Waals surface area contributed by atoms with E-state index in [0.29, 0.717) is 5.56 Å². The molecule has 0 saturated heterocycles. The van der Waals surface area contributed by atoms with Crippen molar-refractivity contribution in [3.8, 4) is 0 Å². The van der Waals surface area contributed by atoms with E-state index in [9.17, 15) is 20.0 Å². The third-order valence-corrected chi connectivity index (χ3v) is 11.8. The zero-order chi connectivity index (χ0) is 28.8. The summed E-state index contributed by atoms with van der Waals surface area (Å²) in [6.45, 7) is 12.1. The maximum Gasteiger partial charge on any atom is 0.408 e.